The Morgan fingerprint density at radius 1 is 1.06 bits per heavy atom. The Labute approximate surface area is 288 Å². The Bertz CT molecular complexity index is 1480. The van der Waals surface area contributed by atoms with Gasteiger partial charge in [0.2, 0.25) is 12.3 Å². The number of esters is 1. The molecule has 1 unspecified atom stereocenters. The van der Waals surface area contributed by atoms with Crippen molar-refractivity contribution in [1.29, 1.82) is 0 Å². The summed E-state index contributed by atoms with van der Waals surface area (Å²) in [5.74, 6) is 0.609. The van der Waals surface area contributed by atoms with Crippen LogP contribution in [0.25, 0.3) is 0 Å². The van der Waals surface area contributed by atoms with Crippen molar-refractivity contribution in [2.75, 3.05) is 50.3 Å². The Balaban J connectivity index is 1.38. The van der Waals surface area contributed by atoms with Crippen LogP contribution in [0.15, 0.2) is 64.6 Å². The second kappa shape index (κ2) is 20.1. The van der Waals surface area contributed by atoms with Gasteiger partial charge in [-0.3, -0.25) is 19.4 Å². The number of nitrogens with zero attached hydrogens (tertiary/aromatic N) is 3. The molecule has 1 aromatic heterocycles. The van der Waals surface area contributed by atoms with Gasteiger partial charge in [-0.2, -0.15) is 12.6 Å². The fraction of sp³-hybridized carbons (Fsp3) is 0.457. The summed E-state index contributed by atoms with van der Waals surface area (Å²) in [5, 5.41) is 5.65. The van der Waals surface area contributed by atoms with Crippen molar-refractivity contribution in [3.63, 3.8) is 0 Å². The smallest absolute Gasteiger partial charge is 0.337 e. The highest BCUT2D eigenvalue weighted by Gasteiger charge is 2.23. The number of hydrogen-bond acceptors (Lipinski definition) is 9. The van der Waals surface area contributed by atoms with Crippen LogP contribution in [-0.4, -0.2) is 85.6 Å². The van der Waals surface area contributed by atoms with Gasteiger partial charge in [-0.25, -0.2) is 4.79 Å². The number of rotatable bonds is 20. The molecule has 3 rings (SSSR count). The zero-order valence-corrected chi connectivity index (χ0v) is 29.1. The van der Waals surface area contributed by atoms with Crippen LogP contribution in [0.2, 0.25) is 0 Å². The van der Waals surface area contributed by atoms with Gasteiger partial charge in [0.15, 0.2) is 0 Å². The van der Waals surface area contributed by atoms with E-state index in [9.17, 15) is 19.2 Å². The highest BCUT2D eigenvalue weighted by Crippen LogP contribution is 2.28. The third-order valence-corrected chi connectivity index (χ3v) is 8.08. The van der Waals surface area contributed by atoms with Crippen molar-refractivity contribution in [1.82, 2.24) is 9.47 Å². The Morgan fingerprint density at radius 2 is 1.83 bits per heavy atom. The zero-order chi connectivity index (χ0) is 34.9. The quantitative estimate of drug-likeness (QED) is 0.0559. The van der Waals surface area contributed by atoms with E-state index in [4.69, 9.17) is 14.2 Å². The first kappa shape index (κ1) is 38.1. The number of anilines is 2. The predicted molar refractivity (Wildman–Crippen MR) is 190 cm³/mol. The first-order chi connectivity index (χ1) is 23.2. The van der Waals surface area contributed by atoms with Gasteiger partial charge in [-0.15, -0.1) is 0 Å². The van der Waals surface area contributed by atoms with Gasteiger partial charge in [-0.05, 0) is 80.3 Å². The van der Waals surface area contributed by atoms with Gasteiger partial charge in [0.1, 0.15) is 17.6 Å². The highest BCUT2D eigenvalue weighted by atomic mass is 32.1. The van der Waals surface area contributed by atoms with Crippen LogP contribution in [0.1, 0.15) is 72.7 Å². The lowest BCUT2D eigenvalue weighted by Crippen LogP contribution is -2.25. The van der Waals surface area contributed by atoms with E-state index < -0.39 is 5.97 Å². The average molecular weight is 682 g/mol. The molecule has 1 heterocycles. The molecular weight excluding hydrogens is 634 g/mol. The van der Waals surface area contributed by atoms with Crippen LogP contribution in [0.4, 0.5) is 11.4 Å². The molecule has 2 N–H and O–H groups in total. The summed E-state index contributed by atoms with van der Waals surface area (Å²) < 4.78 is 18.0. The maximum absolute atomic E-state index is 12.8. The second-order valence-electron chi connectivity index (χ2n) is 11.4. The van der Waals surface area contributed by atoms with E-state index in [1.807, 2.05) is 13.0 Å². The number of methoxy groups -OCH3 is 2. The van der Waals surface area contributed by atoms with Crippen LogP contribution in [0.3, 0.4) is 0 Å². The summed E-state index contributed by atoms with van der Waals surface area (Å²) >= 11 is 4.22. The first-order valence-electron chi connectivity index (χ1n) is 16.0. The number of aryl methyl sites for hydroxylation is 1. The number of aromatic nitrogens is 1. The van der Waals surface area contributed by atoms with E-state index in [1.54, 1.807) is 66.4 Å². The topological polar surface area (TPSA) is 141 Å². The van der Waals surface area contributed by atoms with Crippen LogP contribution < -0.4 is 10.6 Å². The lowest BCUT2D eigenvalue weighted by atomic mass is 10.0. The number of hydrogen-bond donors (Lipinski definition) is 3. The van der Waals surface area contributed by atoms with Crippen molar-refractivity contribution < 1.29 is 33.4 Å². The molecule has 0 aliphatic heterocycles. The minimum atomic E-state index is -0.457. The lowest BCUT2D eigenvalue weighted by Gasteiger charge is -2.25. The number of aliphatic imine (C=N–C) groups is 1. The molecule has 12 nitrogen and oxygen atoms in total. The molecule has 3 amide bonds. The molecule has 0 saturated heterocycles. The predicted octanol–water partition coefficient (Wildman–Crippen LogP) is 5.40. The van der Waals surface area contributed by atoms with Crippen molar-refractivity contribution in [3.8, 4) is 0 Å². The number of thiol groups is 1. The zero-order valence-electron chi connectivity index (χ0n) is 28.2. The van der Waals surface area contributed by atoms with Crippen molar-refractivity contribution in [3.05, 3.63) is 70.9 Å². The van der Waals surface area contributed by atoms with E-state index in [1.165, 1.54) is 7.11 Å². The van der Waals surface area contributed by atoms with Crippen molar-refractivity contribution in [2.24, 2.45) is 12.0 Å². The van der Waals surface area contributed by atoms with Crippen molar-refractivity contribution >= 4 is 54.4 Å². The summed E-state index contributed by atoms with van der Waals surface area (Å²) in [7, 11) is 4.66. The fourth-order valence-electron chi connectivity index (χ4n) is 5.06. The number of carbonyl (C=O) groups excluding carboxylic acids is 4. The monoisotopic (exact) mass is 681 g/mol. The third kappa shape index (κ3) is 12.0. The van der Waals surface area contributed by atoms with E-state index >= 15 is 0 Å². The van der Waals surface area contributed by atoms with E-state index in [0.29, 0.717) is 61.6 Å². The van der Waals surface area contributed by atoms with Gasteiger partial charge in [-0.1, -0.05) is 6.42 Å². The lowest BCUT2D eigenvalue weighted by molar-refractivity contribution is -0.117. The third-order valence-electron chi connectivity index (χ3n) is 7.76. The minimum Gasteiger partial charge on any atom is -0.498 e. The van der Waals surface area contributed by atoms with E-state index in [0.717, 1.165) is 54.9 Å². The molecule has 0 fully saturated rings. The van der Waals surface area contributed by atoms with Gasteiger partial charge in [0.25, 0.3) is 5.91 Å². The molecule has 13 heteroatoms. The molecular formula is C35H47N5O7S. The summed E-state index contributed by atoms with van der Waals surface area (Å²) in [6.07, 6.45) is 11.0. The second-order valence-corrected chi connectivity index (χ2v) is 11.8. The average Bonchev–Trinajstić information content (AvgIpc) is 3.45. The standard InChI is InChI=1S/C35H47N5O7S/c1-25-20-31(45-3)32(22-29(25)36-15-17-40(24-41)16-7-9-19-48)47-18-8-5-6-10-33(42)37-28-21-30(39(2)23-28)34(43)38-27-13-11-26(12-14-27)35(44)46-4/h11-15,20-21,23-24,32,48H,5-10,16-19,22H2,1-4H3,(H,37,42)(H,38,43)/b36-15-. The number of carbonyl (C=O) groups is 4. The summed E-state index contributed by atoms with van der Waals surface area (Å²) in [6, 6.07) is 7.99. The van der Waals surface area contributed by atoms with Crippen LogP contribution in [0.5, 0.6) is 0 Å². The molecule has 1 aromatic carbocycles. The molecule has 0 saturated carbocycles. The van der Waals surface area contributed by atoms with Crippen LogP contribution >= 0.6 is 12.6 Å². The summed E-state index contributed by atoms with van der Waals surface area (Å²) in [5.41, 5.74) is 3.70. The molecule has 48 heavy (non-hydrogen) atoms. The number of nitrogens with one attached hydrogen (secondary N) is 2. The van der Waals surface area contributed by atoms with E-state index in [-0.39, 0.29) is 17.9 Å². The van der Waals surface area contributed by atoms with Gasteiger partial charge < -0.3 is 34.3 Å². The van der Waals surface area contributed by atoms with Crippen molar-refractivity contribution in [2.45, 2.75) is 58.0 Å². The van der Waals surface area contributed by atoms with Crippen LogP contribution in [-0.2, 0) is 30.8 Å². The number of allylic oxidation sites excluding steroid dienone is 2. The maximum atomic E-state index is 12.8. The summed E-state index contributed by atoms with van der Waals surface area (Å²) in [4.78, 5) is 54.7. The van der Waals surface area contributed by atoms with Gasteiger partial charge >= 0.3 is 5.97 Å². The van der Waals surface area contributed by atoms with E-state index in [2.05, 4.69) is 28.3 Å². The summed E-state index contributed by atoms with van der Waals surface area (Å²) in [6.45, 7) is 3.62. The minimum absolute atomic E-state index is 0.137. The molecule has 0 spiro atoms. The SMILES string of the molecule is COC(=O)c1ccc(NC(=O)c2cc(NC(=O)CCCCCOC3CC(/N=C\CN(C=O)CCCCS)=C(C)C=C3OC)cn2C)cc1. The number of amides is 3. The molecule has 0 radical (unpaired) electrons. The molecule has 260 valence electrons. The number of benzene rings is 1. The van der Waals surface area contributed by atoms with Crippen LogP contribution in [0, 0.1) is 0 Å². The highest BCUT2D eigenvalue weighted by molar-refractivity contribution is 7.80. The number of unbranched alkanes of at least 4 members (excludes halogenated alkanes) is 3. The molecule has 1 atom stereocenters. The molecule has 2 aromatic rings. The molecule has 1 aliphatic rings. The Morgan fingerprint density at radius 3 is 2.52 bits per heavy atom. The first-order valence-corrected chi connectivity index (χ1v) is 16.7. The molecule has 1 aliphatic carbocycles. The largest absolute Gasteiger partial charge is 0.498 e. The van der Waals surface area contributed by atoms with Gasteiger partial charge in [0, 0.05) is 56.8 Å². The Hall–Kier alpha value is -4.36. The fourth-order valence-corrected chi connectivity index (χ4v) is 5.28. The normalized spacial score (nSPS) is 14.4. The Kier molecular flexibility index (Phi) is 16.0. The molecule has 0 bridgehead atoms. The maximum Gasteiger partial charge on any atom is 0.337 e. The van der Waals surface area contributed by atoms with Gasteiger partial charge in [0.05, 0.1) is 32.0 Å². The number of ether oxygens (including phenoxy) is 3.